The number of para-hydroxylation sites is 1. The largest absolute Gasteiger partial charge is 4.00 e. The maximum Gasteiger partial charge on any atom is 4.00 e. The molecule has 1 N–H and O–H groups in total. The van der Waals surface area contributed by atoms with Crippen molar-refractivity contribution in [3.8, 4) is 0 Å². The molecule has 3 nitrogen and oxygen atoms in total. The standard InChI is InChI=1S/C12H18N3.3ClH.Ti/c1-2-4-12(5-3-1)15-10-8-13-6-7-14-9-11-15;;;;/h1-5,13H,6-11H2;3*1H;/q-1;;;;+4/p-3. The van der Waals surface area contributed by atoms with Crippen LogP contribution in [0.5, 0.6) is 0 Å². The van der Waals surface area contributed by atoms with Crippen molar-refractivity contribution in [2.75, 3.05) is 44.2 Å². The first-order valence-corrected chi connectivity index (χ1v) is 5.61. The Labute approximate surface area is 149 Å². The molecule has 0 saturated carbocycles. The van der Waals surface area contributed by atoms with E-state index < -0.39 is 0 Å². The first-order chi connectivity index (χ1) is 7.47. The zero-order valence-corrected chi connectivity index (χ0v) is 14.5. The van der Waals surface area contributed by atoms with Gasteiger partial charge in [-0.15, -0.1) is 13.1 Å². The number of hydrogen-bond donors (Lipinski definition) is 1. The molecule has 2 rings (SSSR count). The summed E-state index contributed by atoms with van der Waals surface area (Å²) in [5.74, 6) is 0. The number of anilines is 1. The molecule has 0 spiro atoms. The molecular weight excluding hydrogens is 340 g/mol. The van der Waals surface area contributed by atoms with Crippen LogP contribution in [-0.2, 0) is 21.7 Å². The zero-order chi connectivity index (χ0) is 10.3. The van der Waals surface area contributed by atoms with E-state index in [9.17, 15) is 0 Å². The fourth-order valence-corrected chi connectivity index (χ4v) is 1.81. The van der Waals surface area contributed by atoms with Crippen molar-refractivity contribution < 1.29 is 58.9 Å². The number of nitrogens with zero attached hydrogens (tertiary/aromatic N) is 2. The normalized spacial score (nSPS) is 15.1. The average Bonchev–Trinajstić information content (AvgIpc) is 2.43. The summed E-state index contributed by atoms with van der Waals surface area (Å²) in [6.07, 6.45) is 0. The van der Waals surface area contributed by atoms with Crippen molar-refractivity contribution in [1.82, 2.24) is 5.32 Å². The molecule has 0 aliphatic carbocycles. The summed E-state index contributed by atoms with van der Waals surface area (Å²) in [5.41, 5.74) is 1.30. The van der Waals surface area contributed by atoms with Crippen molar-refractivity contribution >= 4 is 5.69 Å². The van der Waals surface area contributed by atoms with E-state index in [1.165, 1.54) is 5.69 Å². The predicted molar refractivity (Wildman–Crippen MR) is 64.6 cm³/mol. The van der Waals surface area contributed by atoms with Crippen LogP contribution in [-0.4, -0.2) is 39.3 Å². The minimum Gasteiger partial charge on any atom is -1.00 e. The number of halogens is 3. The second-order valence-corrected chi connectivity index (χ2v) is 3.74. The maximum atomic E-state index is 4.46. The minimum atomic E-state index is 0. The van der Waals surface area contributed by atoms with Gasteiger partial charge in [0.2, 0.25) is 0 Å². The molecule has 1 aromatic carbocycles. The van der Waals surface area contributed by atoms with Gasteiger partial charge in [-0.05, 0) is 25.2 Å². The van der Waals surface area contributed by atoms with Crippen LogP contribution in [0.1, 0.15) is 0 Å². The summed E-state index contributed by atoms with van der Waals surface area (Å²) in [7, 11) is 0. The third kappa shape index (κ3) is 9.14. The monoisotopic (exact) mass is 357 g/mol. The molecule has 1 aliphatic heterocycles. The topological polar surface area (TPSA) is 29.4 Å². The Bertz CT molecular complexity index is 281. The van der Waals surface area contributed by atoms with Gasteiger partial charge in [0.15, 0.2) is 0 Å². The predicted octanol–water partition coefficient (Wildman–Crippen LogP) is -7.52. The summed E-state index contributed by atoms with van der Waals surface area (Å²) in [5, 5.41) is 7.85. The first-order valence-electron chi connectivity index (χ1n) is 5.61. The van der Waals surface area contributed by atoms with Crippen LogP contribution in [0.3, 0.4) is 0 Å². The summed E-state index contributed by atoms with van der Waals surface area (Å²) >= 11 is 0. The van der Waals surface area contributed by atoms with E-state index in [1.54, 1.807) is 0 Å². The molecule has 1 fully saturated rings. The maximum absolute atomic E-state index is 4.46. The third-order valence-corrected chi connectivity index (χ3v) is 2.65. The molecule has 1 heterocycles. The Morgan fingerprint density at radius 3 is 2.26 bits per heavy atom. The van der Waals surface area contributed by atoms with Gasteiger partial charge >= 0.3 is 21.7 Å². The van der Waals surface area contributed by atoms with Gasteiger partial charge in [-0.2, -0.15) is 0 Å². The number of rotatable bonds is 1. The van der Waals surface area contributed by atoms with E-state index >= 15 is 0 Å². The first kappa shape index (κ1) is 24.5. The molecule has 19 heavy (non-hydrogen) atoms. The molecule has 1 aromatic rings. The molecule has 7 heteroatoms. The molecule has 0 amide bonds. The average molecular weight is 359 g/mol. The van der Waals surface area contributed by atoms with Crippen molar-refractivity contribution in [1.29, 1.82) is 0 Å². The molecule has 106 valence electrons. The molecule has 0 radical (unpaired) electrons. The minimum absolute atomic E-state index is 0. The zero-order valence-electron chi connectivity index (χ0n) is 10.7. The van der Waals surface area contributed by atoms with Gasteiger partial charge in [0, 0.05) is 18.8 Å². The second kappa shape index (κ2) is 14.9. The molecule has 0 aromatic heterocycles. The van der Waals surface area contributed by atoms with E-state index in [4.69, 9.17) is 0 Å². The molecular formula is C12H18Cl3N3Ti. The van der Waals surface area contributed by atoms with E-state index in [0.29, 0.717) is 0 Å². The van der Waals surface area contributed by atoms with Gasteiger partial charge in [-0.3, -0.25) is 0 Å². The van der Waals surface area contributed by atoms with Gasteiger partial charge < -0.3 is 52.8 Å². The summed E-state index contributed by atoms with van der Waals surface area (Å²) in [4.78, 5) is 2.39. The number of benzene rings is 1. The molecule has 1 aliphatic rings. The molecule has 0 bridgehead atoms. The van der Waals surface area contributed by atoms with E-state index in [1.807, 2.05) is 0 Å². The summed E-state index contributed by atoms with van der Waals surface area (Å²) in [6.45, 7) is 6.05. The second-order valence-electron chi connectivity index (χ2n) is 3.74. The van der Waals surface area contributed by atoms with Gasteiger partial charge in [-0.25, -0.2) is 0 Å². The number of nitrogens with one attached hydrogen (secondary N) is 1. The van der Waals surface area contributed by atoms with Crippen LogP contribution in [0.25, 0.3) is 5.32 Å². The van der Waals surface area contributed by atoms with Crippen LogP contribution >= 0.6 is 0 Å². The van der Waals surface area contributed by atoms with Gasteiger partial charge in [0.1, 0.15) is 0 Å². The molecule has 1 saturated heterocycles. The number of hydrogen-bond acceptors (Lipinski definition) is 2. The smallest absolute Gasteiger partial charge is 1.00 e. The Hall–Kier alpha value is 0.524. The van der Waals surface area contributed by atoms with Gasteiger partial charge in [0.05, 0.1) is 0 Å². The van der Waals surface area contributed by atoms with Crippen molar-refractivity contribution in [2.45, 2.75) is 0 Å². The quantitative estimate of drug-likeness (QED) is 0.506. The Morgan fingerprint density at radius 2 is 1.58 bits per heavy atom. The van der Waals surface area contributed by atoms with E-state index in [-0.39, 0.29) is 58.9 Å². The summed E-state index contributed by atoms with van der Waals surface area (Å²) in [6, 6.07) is 10.6. The van der Waals surface area contributed by atoms with Crippen molar-refractivity contribution in [2.24, 2.45) is 0 Å². The van der Waals surface area contributed by atoms with Crippen LogP contribution < -0.4 is 47.4 Å². The fraction of sp³-hybridized carbons (Fsp3) is 0.500. The van der Waals surface area contributed by atoms with Crippen LogP contribution in [0.2, 0.25) is 0 Å². The Morgan fingerprint density at radius 1 is 0.895 bits per heavy atom. The van der Waals surface area contributed by atoms with Crippen LogP contribution in [0.4, 0.5) is 5.69 Å². The fourth-order valence-electron chi connectivity index (χ4n) is 1.81. The SMILES string of the molecule is [Cl-].[Cl-].[Cl-].[Ti+4].c1ccc(N2CC[N-]CCNCC2)cc1. The van der Waals surface area contributed by atoms with E-state index in [2.05, 4.69) is 45.9 Å². The van der Waals surface area contributed by atoms with Crippen LogP contribution in [0, 0.1) is 0 Å². The third-order valence-electron chi connectivity index (χ3n) is 2.65. The van der Waals surface area contributed by atoms with Gasteiger partial charge in [-0.1, -0.05) is 18.2 Å². The molecule has 0 atom stereocenters. The summed E-state index contributed by atoms with van der Waals surface area (Å²) < 4.78 is 0. The van der Waals surface area contributed by atoms with Crippen molar-refractivity contribution in [3.63, 3.8) is 0 Å². The van der Waals surface area contributed by atoms with E-state index in [0.717, 1.165) is 39.3 Å². The van der Waals surface area contributed by atoms with Crippen LogP contribution in [0.15, 0.2) is 30.3 Å². The molecule has 0 unspecified atom stereocenters. The van der Waals surface area contributed by atoms with Crippen molar-refractivity contribution in [3.05, 3.63) is 35.6 Å². The van der Waals surface area contributed by atoms with Gasteiger partial charge in [0.25, 0.3) is 0 Å². The Kier molecular flexibility index (Phi) is 19.3. The Balaban J connectivity index is -0.000000640.